The van der Waals surface area contributed by atoms with Crippen molar-refractivity contribution in [2.75, 3.05) is 26.7 Å². The standard InChI is InChI=1S/C20H23FN2O4/c1-3-18(24)22-9-4-5-13(11-22)19(25)23-10-8-14-16(12-23)15(20(26)27-2)6-7-17(14)21/h3,6-7,13H,1,4-5,8-12H2,2H3. The number of nitrogens with zero attached hydrogens (tertiary/aromatic N) is 2. The highest BCUT2D eigenvalue weighted by molar-refractivity contribution is 5.92. The lowest BCUT2D eigenvalue weighted by molar-refractivity contribution is -0.140. The quantitative estimate of drug-likeness (QED) is 0.599. The summed E-state index contributed by atoms with van der Waals surface area (Å²) in [7, 11) is 1.27. The van der Waals surface area contributed by atoms with Crippen LogP contribution in [0.1, 0.15) is 34.3 Å². The summed E-state index contributed by atoms with van der Waals surface area (Å²) in [5.74, 6) is -1.45. The van der Waals surface area contributed by atoms with Gasteiger partial charge in [-0.15, -0.1) is 0 Å². The fourth-order valence-corrected chi connectivity index (χ4v) is 3.89. The molecule has 144 valence electrons. The number of amides is 2. The Labute approximate surface area is 157 Å². The molecule has 2 aliphatic rings. The second-order valence-corrected chi connectivity index (χ2v) is 6.88. The minimum atomic E-state index is -0.541. The third-order valence-electron chi connectivity index (χ3n) is 5.33. The third-order valence-corrected chi connectivity index (χ3v) is 5.33. The third kappa shape index (κ3) is 3.72. The average molecular weight is 374 g/mol. The second kappa shape index (κ2) is 7.90. The van der Waals surface area contributed by atoms with Gasteiger partial charge in [0.15, 0.2) is 0 Å². The zero-order valence-corrected chi connectivity index (χ0v) is 15.4. The first-order chi connectivity index (χ1) is 13.0. The van der Waals surface area contributed by atoms with E-state index < -0.39 is 5.97 Å². The molecule has 1 fully saturated rings. The highest BCUT2D eigenvalue weighted by Crippen LogP contribution is 2.28. The molecule has 2 heterocycles. The van der Waals surface area contributed by atoms with Crippen LogP contribution in [0.5, 0.6) is 0 Å². The van der Waals surface area contributed by atoms with E-state index in [1.54, 1.807) is 9.80 Å². The number of esters is 1. The van der Waals surface area contributed by atoms with Crippen molar-refractivity contribution in [1.82, 2.24) is 9.80 Å². The van der Waals surface area contributed by atoms with Crippen LogP contribution in [0.4, 0.5) is 4.39 Å². The average Bonchev–Trinajstić information content (AvgIpc) is 2.72. The molecule has 0 saturated carbocycles. The number of ether oxygens (including phenoxy) is 1. The molecule has 7 heteroatoms. The summed E-state index contributed by atoms with van der Waals surface area (Å²) in [5, 5.41) is 0. The molecule has 0 spiro atoms. The Morgan fingerprint density at radius 3 is 2.70 bits per heavy atom. The van der Waals surface area contributed by atoms with Crippen molar-refractivity contribution < 1.29 is 23.5 Å². The molecule has 1 aromatic rings. The SMILES string of the molecule is C=CC(=O)N1CCCC(C(=O)N2CCc3c(F)ccc(C(=O)OC)c3C2)C1. The number of hydrogen-bond acceptors (Lipinski definition) is 4. The van der Waals surface area contributed by atoms with Crippen molar-refractivity contribution in [3.8, 4) is 0 Å². The Hall–Kier alpha value is -2.70. The van der Waals surface area contributed by atoms with Gasteiger partial charge in [0.25, 0.3) is 0 Å². The van der Waals surface area contributed by atoms with Gasteiger partial charge in [0.05, 0.1) is 18.6 Å². The molecule has 2 amide bonds. The van der Waals surface area contributed by atoms with Gasteiger partial charge in [-0.2, -0.15) is 0 Å². The van der Waals surface area contributed by atoms with E-state index in [0.717, 1.165) is 6.42 Å². The van der Waals surface area contributed by atoms with Gasteiger partial charge in [-0.25, -0.2) is 9.18 Å². The molecule has 1 unspecified atom stereocenters. The number of piperidine rings is 1. The van der Waals surface area contributed by atoms with Crippen LogP contribution >= 0.6 is 0 Å². The molecule has 1 saturated heterocycles. The molecular weight excluding hydrogens is 351 g/mol. The maximum atomic E-state index is 14.2. The normalized spacial score (nSPS) is 19.3. The van der Waals surface area contributed by atoms with E-state index >= 15 is 0 Å². The number of hydrogen-bond donors (Lipinski definition) is 0. The van der Waals surface area contributed by atoms with Gasteiger partial charge in [0, 0.05) is 26.2 Å². The highest BCUT2D eigenvalue weighted by atomic mass is 19.1. The van der Waals surface area contributed by atoms with E-state index in [9.17, 15) is 18.8 Å². The number of rotatable bonds is 3. The summed E-state index contributed by atoms with van der Waals surface area (Å²) >= 11 is 0. The maximum absolute atomic E-state index is 14.2. The van der Waals surface area contributed by atoms with Gasteiger partial charge < -0.3 is 14.5 Å². The molecule has 3 rings (SSSR count). The number of methoxy groups -OCH3 is 1. The minimum Gasteiger partial charge on any atom is -0.465 e. The monoisotopic (exact) mass is 374 g/mol. The van der Waals surface area contributed by atoms with Crippen LogP contribution in [0.25, 0.3) is 0 Å². The zero-order valence-electron chi connectivity index (χ0n) is 15.4. The van der Waals surface area contributed by atoms with E-state index in [1.807, 2.05) is 0 Å². The molecular formula is C20H23FN2O4. The predicted octanol–water partition coefficient (Wildman–Crippen LogP) is 1.92. The van der Waals surface area contributed by atoms with Crippen LogP contribution in [0.2, 0.25) is 0 Å². The second-order valence-electron chi connectivity index (χ2n) is 6.88. The Morgan fingerprint density at radius 1 is 1.22 bits per heavy atom. The van der Waals surface area contributed by atoms with Crippen LogP contribution < -0.4 is 0 Å². The lowest BCUT2D eigenvalue weighted by Gasteiger charge is -2.36. The molecule has 0 bridgehead atoms. The molecule has 1 aromatic carbocycles. The first-order valence-corrected chi connectivity index (χ1v) is 9.05. The van der Waals surface area contributed by atoms with E-state index in [0.29, 0.717) is 49.2 Å². The summed E-state index contributed by atoms with van der Waals surface area (Å²) in [6.45, 7) is 5.04. The molecule has 0 aliphatic carbocycles. The highest BCUT2D eigenvalue weighted by Gasteiger charge is 2.33. The zero-order chi connectivity index (χ0) is 19.6. The Morgan fingerprint density at radius 2 is 2.00 bits per heavy atom. The molecule has 1 atom stereocenters. The number of fused-ring (bicyclic) bond motifs is 1. The fraction of sp³-hybridized carbons (Fsp3) is 0.450. The van der Waals surface area contributed by atoms with E-state index in [4.69, 9.17) is 4.74 Å². The van der Waals surface area contributed by atoms with Crippen molar-refractivity contribution in [2.24, 2.45) is 5.92 Å². The smallest absolute Gasteiger partial charge is 0.338 e. The van der Waals surface area contributed by atoms with E-state index in [2.05, 4.69) is 6.58 Å². The van der Waals surface area contributed by atoms with E-state index in [-0.39, 0.29) is 30.1 Å². The topological polar surface area (TPSA) is 66.9 Å². The van der Waals surface area contributed by atoms with E-state index in [1.165, 1.54) is 25.3 Å². The van der Waals surface area contributed by atoms with Gasteiger partial charge in [-0.1, -0.05) is 6.58 Å². The molecule has 0 N–H and O–H groups in total. The fourth-order valence-electron chi connectivity index (χ4n) is 3.89. The number of likely N-dealkylation sites (tertiary alicyclic amines) is 1. The molecule has 2 aliphatic heterocycles. The van der Waals surface area contributed by atoms with Gasteiger partial charge in [-0.05, 0) is 48.6 Å². The van der Waals surface area contributed by atoms with Gasteiger partial charge >= 0.3 is 5.97 Å². The minimum absolute atomic E-state index is 0.0673. The number of carbonyl (C=O) groups is 3. The van der Waals surface area contributed by atoms with Crippen molar-refractivity contribution in [3.05, 3.63) is 47.3 Å². The first kappa shape index (κ1) is 19.1. The Kier molecular flexibility index (Phi) is 5.58. The van der Waals surface area contributed by atoms with Crippen LogP contribution in [-0.2, 0) is 27.3 Å². The van der Waals surface area contributed by atoms with Crippen LogP contribution in [0.15, 0.2) is 24.8 Å². The van der Waals surface area contributed by atoms with Crippen molar-refractivity contribution >= 4 is 17.8 Å². The predicted molar refractivity (Wildman–Crippen MR) is 96.4 cm³/mol. The number of benzene rings is 1. The van der Waals surface area contributed by atoms with Crippen LogP contribution in [-0.4, -0.2) is 54.3 Å². The van der Waals surface area contributed by atoms with Crippen molar-refractivity contribution in [2.45, 2.75) is 25.8 Å². The summed E-state index contributed by atoms with van der Waals surface area (Å²) in [6.07, 6.45) is 3.06. The lowest BCUT2D eigenvalue weighted by Crippen LogP contribution is -2.47. The summed E-state index contributed by atoms with van der Waals surface area (Å²) in [6, 6.07) is 2.67. The number of carbonyl (C=O) groups excluding carboxylic acids is 3. The van der Waals surface area contributed by atoms with Gasteiger partial charge in [-0.3, -0.25) is 9.59 Å². The molecule has 0 radical (unpaired) electrons. The molecule has 6 nitrogen and oxygen atoms in total. The Balaban J connectivity index is 1.80. The van der Waals surface area contributed by atoms with Crippen LogP contribution in [0, 0.1) is 11.7 Å². The summed E-state index contributed by atoms with van der Waals surface area (Å²) in [4.78, 5) is 40.2. The largest absolute Gasteiger partial charge is 0.465 e. The lowest BCUT2D eigenvalue weighted by atomic mass is 9.91. The first-order valence-electron chi connectivity index (χ1n) is 9.05. The van der Waals surface area contributed by atoms with Crippen LogP contribution in [0.3, 0.4) is 0 Å². The van der Waals surface area contributed by atoms with Crippen molar-refractivity contribution in [1.29, 1.82) is 0 Å². The Bertz CT molecular complexity index is 792. The summed E-state index contributed by atoms with van der Waals surface area (Å²) in [5.41, 5.74) is 1.27. The molecule has 0 aromatic heterocycles. The summed E-state index contributed by atoms with van der Waals surface area (Å²) < 4.78 is 19.0. The number of halogens is 1. The van der Waals surface area contributed by atoms with Gasteiger partial charge in [0.2, 0.25) is 11.8 Å². The van der Waals surface area contributed by atoms with Crippen molar-refractivity contribution in [3.63, 3.8) is 0 Å². The van der Waals surface area contributed by atoms with Gasteiger partial charge in [0.1, 0.15) is 5.82 Å². The maximum Gasteiger partial charge on any atom is 0.338 e. The molecule has 27 heavy (non-hydrogen) atoms.